The minimum absolute atomic E-state index is 0.732. The molecular formula is C16H19NO2. The lowest BCUT2D eigenvalue weighted by Crippen LogP contribution is -2.02. The Hall–Kier alpha value is -2.16. The molecule has 0 radical (unpaired) electrons. The van der Waals surface area contributed by atoms with Crippen LogP contribution in [0.1, 0.15) is 11.1 Å². The molecule has 0 spiro atoms. The fourth-order valence-corrected chi connectivity index (χ4v) is 2.03. The Morgan fingerprint density at radius 1 is 0.947 bits per heavy atom. The number of para-hydroxylation sites is 1. The normalized spacial score (nSPS) is 10.1. The molecule has 0 aliphatic rings. The molecule has 1 N–H and O–H groups in total. The summed E-state index contributed by atoms with van der Waals surface area (Å²) in [7, 11) is 3.38. The third kappa shape index (κ3) is 3.19. The van der Waals surface area contributed by atoms with Crippen LogP contribution in [-0.4, -0.2) is 14.2 Å². The van der Waals surface area contributed by atoms with E-state index in [1.807, 2.05) is 37.3 Å². The number of hydrogen-bond acceptors (Lipinski definition) is 3. The van der Waals surface area contributed by atoms with Crippen LogP contribution in [0.2, 0.25) is 0 Å². The Kier molecular flexibility index (Phi) is 4.29. The van der Waals surface area contributed by atoms with Crippen molar-refractivity contribution in [2.75, 3.05) is 19.5 Å². The van der Waals surface area contributed by atoms with Crippen LogP contribution in [0, 0.1) is 6.92 Å². The molecule has 0 atom stereocenters. The van der Waals surface area contributed by atoms with Gasteiger partial charge in [0, 0.05) is 17.8 Å². The minimum Gasteiger partial charge on any atom is -0.496 e. The highest BCUT2D eigenvalue weighted by molar-refractivity contribution is 5.51. The summed E-state index contributed by atoms with van der Waals surface area (Å²) in [5.41, 5.74) is 3.33. The number of ether oxygens (including phenoxy) is 2. The van der Waals surface area contributed by atoms with Crippen LogP contribution in [0.15, 0.2) is 42.5 Å². The molecule has 0 amide bonds. The summed E-state index contributed by atoms with van der Waals surface area (Å²) in [6.07, 6.45) is 0. The van der Waals surface area contributed by atoms with Crippen LogP contribution in [0.4, 0.5) is 5.69 Å². The molecule has 2 aromatic rings. The van der Waals surface area contributed by atoms with Gasteiger partial charge >= 0.3 is 0 Å². The van der Waals surface area contributed by atoms with Crippen LogP contribution in [0.25, 0.3) is 0 Å². The van der Waals surface area contributed by atoms with Gasteiger partial charge in [0.25, 0.3) is 0 Å². The molecule has 3 nitrogen and oxygen atoms in total. The van der Waals surface area contributed by atoms with E-state index in [1.54, 1.807) is 14.2 Å². The number of benzene rings is 2. The monoisotopic (exact) mass is 257 g/mol. The van der Waals surface area contributed by atoms with Crippen LogP contribution in [-0.2, 0) is 6.54 Å². The van der Waals surface area contributed by atoms with Crippen molar-refractivity contribution in [3.05, 3.63) is 53.6 Å². The first kappa shape index (κ1) is 13.3. The zero-order chi connectivity index (χ0) is 13.7. The lowest BCUT2D eigenvalue weighted by atomic mass is 10.1. The maximum atomic E-state index is 5.33. The molecule has 2 aromatic carbocycles. The van der Waals surface area contributed by atoms with Gasteiger partial charge in [0.05, 0.1) is 14.2 Å². The van der Waals surface area contributed by atoms with Crippen LogP contribution >= 0.6 is 0 Å². The summed E-state index contributed by atoms with van der Waals surface area (Å²) in [6.45, 7) is 2.77. The number of aryl methyl sites for hydroxylation is 1. The average molecular weight is 257 g/mol. The van der Waals surface area contributed by atoms with E-state index in [0.29, 0.717) is 0 Å². The van der Waals surface area contributed by atoms with E-state index < -0.39 is 0 Å². The average Bonchev–Trinajstić information content (AvgIpc) is 2.45. The molecule has 100 valence electrons. The third-order valence-electron chi connectivity index (χ3n) is 3.07. The van der Waals surface area contributed by atoms with E-state index in [1.165, 1.54) is 0 Å². The van der Waals surface area contributed by atoms with Crippen molar-refractivity contribution in [1.29, 1.82) is 0 Å². The predicted molar refractivity (Wildman–Crippen MR) is 78.1 cm³/mol. The molecule has 3 heteroatoms. The Morgan fingerprint density at radius 3 is 2.37 bits per heavy atom. The van der Waals surface area contributed by atoms with E-state index >= 15 is 0 Å². The number of anilines is 1. The zero-order valence-electron chi connectivity index (χ0n) is 11.6. The summed E-state index contributed by atoms with van der Waals surface area (Å²) in [5, 5.41) is 3.39. The number of nitrogens with one attached hydrogen (secondary N) is 1. The van der Waals surface area contributed by atoms with Crippen molar-refractivity contribution >= 4 is 5.69 Å². The molecule has 2 rings (SSSR count). The van der Waals surface area contributed by atoms with Gasteiger partial charge in [0.15, 0.2) is 0 Å². The molecule has 0 aromatic heterocycles. The topological polar surface area (TPSA) is 30.5 Å². The summed E-state index contributed by atoms with van der Waals surface area (Å²) in [4.78, 5) is 0. The summed E-state index contributed by atoms with van der Waals surface area (Å²) in [5.74, 6) is 1.81. The summed E-state index contributed by atoms with van der Waals surface area (Å²) in [6, 6.07) is 14.1. The first-order valence-electron chi connectivity index (χ1n) is 6.25. The lowest BCUT2D eigenvalue weighted by Gasteiger charge is -2.12. The highest BCUT2D eigenvalue weighted by Gasteiger charge is 2.03. The molecule has 0 unspecified atom stereocenters. The Balaban J connectivity index is 2.08. The van der Waals surface area contributed by atoms with E-state index in [0.717, 1.165) is 34.9 Å². The van der Waals surface area contributed by atoms with Crippen molar-refractivity contribution in [1.82, 2.24) is 0 Å². The van der Waals surface area contributed by atoms with Gasteiger partial charge in [-0.1, -0.05) is 18.2 Å². The van der Waals surface area contributed by atoms with E-state index in [-0.39, 0.29) is 0 Å². The highest BCUT2D eigenvalue weighted by Crippen LogP contribution is 2.23. The van der Waals surface area contributed by atoms with Gasteiger partial charge in [0.2, 0.25) is 0 Å². The van der Waals surface area contributed by atoms with Gasteiger partial charge in [-0.05, 0) is 36.8 Å². The Morgan fingerprint density at radius 2 is 1.68 bits per heavy atom. The second-order valence-corrected chi connectivity index (χ2v) is 4.35. The molecule has 0 aliphatic heterocycles. The zero-order valence-corrected chi connectivity index (χ0v) is 11.6. The van der Waals surface area contributed by atoms with E-state index in [2.05, 4.69) is 17.4 Å². The van der Waals surface area contributed by atoms with E-state index in [9.17, 15) is 0 Å². The van der Waals surface area contributed by atoms with Crippen LogP contribution in [0.5, 0.6) is 11.5 Å². The second-order valence-electron chi connectivity index (χ2n) is 4.35. The number of rotatable bonds is 5. The first-order valence-corrected chi connectivity index (χ1v) is 6.25. The molecule has 0 fully saturated rings. The van der Waals surface area contributed by atoms with Gasteiger partial charge in [-0.2, -0.15) is 0 Å². The maximum absolute atomic E-state index is 5.33. The van der Waals surface area contributed by atoms with Gasteiger partial charge in [-0.3, -0.25) is 0 Å². The molecular weight excluding hydrogens is 238 g/mol. The minimum atomic E-state index is 0.732. The van der Waals surface area contributed by atoms with Crippen LogP contribution < -0.4 is 14.8 Å². The Bertz CT molecular complexity index is 552. The van der Waals surface area contributed by atoms with Gasteiger partial charge < -0.3 is 14.8 Å². The van der Waals surface area contributed by atoms with Crippen LogP contribution in [0.3, 0.4) is 0 Å². The number of hydrogen-bond donors (Lipinski definition) is 1. The fourth-order valence-electron chi connectivity index (χ4n) is 2.03. The first-order chi connectivity index (χ1) is 9.24. The molecule has 0 heterocycles. The number of methoxy groups -OCH3 is 2. The molecule has 0 saturated carbocycles. The Labute approximate surface area is 114 Å². The van der Waals surface area contributed by atoms with Crippen molar-refractivity contribution in [2.24, 2.45) is 0 Å². The second kappa shape index (κ2) is 6.14. The fraction of sp³-hybridized carbons (Fsp3) is 0.250. The molecule has 19 heavy (non-hydrogen) atoms. The maximum Gasteiger partial charge on any atom is 0.123 e. The molecule has 0 bridgehead atoms. The van der Waals surface area contributed by atoms with E-state index in [4.69, 9.17) is 9.47 Å². The van der Waals surface area contributed by atoms with Gasteiger partial charge in [0.1, 0.15) is 11.5 Å². The standard InChI is InChI=1S/C16H19NO2/c1-12-10-14(8-9-15(12)18-2)17-11-13-6-4-5-7-16(13)19-3/h4-10,17H,11H2,1-3H3. The quantitative estimate of drug-likeness (QED) is 0.887. The molecule has 0 aliphatic carbocycles. The van der Waals surface area contributed by atoms with Gasteiger partial charge in [-0.25, -0.2) is 0 Å². The smallest absolute Gasteiger partial charge is 0.123 e. The van der Waals surface area contributed by atoms with Crippen molar-refractivity contribution in [2.45, 2.75) is 13.5 Å². The SMILES string of the molecule is COc1ccc(NCc2ccccc2OC)cc1C. The lowest BCUT2D eigenvalue weighted by molar-refractivity contribution is 0.410. The van der Waals surface area contributed by atoms with Crippen molar-refractivity contribution in [3.63, 3.8) is 0 Å². The summed E-state index contributed by atoms with van der Waals surface area (Å²) >= 11 is 0. The largest absolute Gasteiger partial charge is 0.496 e. The molecule has 0 saturated heterocycles. The third-order valence-corrected chi connectivity index (χ3v) is 3.07. The highest BCUT2D eigenvalue weighted by atomic mass is 16.5. The van der Waals surface area contributed by atoms with Crippen molar-refractivity contribution < 1.29 is 9.47 Å². The van der Waals surface area contributed by atoms with Crippen molar-refractivity contribution in [3.8, 4) is 11.5 Å². The summed E-state index contributed by atoms with van der Waals surface area (Å²) < 4.78 is 10.6. The predicted octanol–water partition coefficient (Wildman–Crippen LogP) is 3.62. The van der Waals surface area contributed by atoms with Gasteiger partial charge in [-0.15, -0.1) is 0 Å².